The standard InChI is InChI=1S/C24H19F5N2O5/c1-12-8-14(22(25)26)9-20(21(12)23(33)31-15-6-7-30-17(10-15)13(2)32)35-18-5-4-16(11-19(18)34-3)36-24(27,28)29/h4-11,22H,1-3H3,(H,30,31,33). The van der Waals surface area contributed by atoms with Crippen molar-refractivity contribution in [2.75, 3.05) is 12.4 Å². The van der Waals surface area contributed by atoms with Crippen LogP contribution in [0, 0.1) is 6.92 Å². The fourth-order valence-electron chi connectivity index (χ4n) is 3.22. The van der Waals surface area contributed by atoms with Crippen LogP contribution in [0.4, 0.5) is 27.6 Å². The third kappa shape index (κ3) is 6.46. The first kappa shape index (κ1) is 26.4. The monoisotopic (exact) mass is 510 g/mol. The van der Waals surface area contributed by atoms with Gasteiger partial charge in [0.05, 0.1) is 12.7 Å². The molecule has 12 heteroatoms. The van der Waals surface area contributed by atoms with E-state index in [4.69, 9.17) is 9.47 Å². The number of hydrogen-bond donors (Lipinski definition) is 1. The molecule has 3 rings (SSSR count). The Kier molecular flexibility index (Phi) is 7.76. The molecule has 2 aromatic carbocycles. The second-order valence-corrected chi connectivity index (χ2v) is 7.41. The zero-order valence-corrected chi connectivity index (χ0v) is 19.1. The molecule has 0 radical (unpaired) electrons. The summed E-state index contributed by atoms with van der Waals surface area (Å²) < 4.78 is 79.2. The summed E-state index contributed by atoms with van der Waals surface area (Å²) in [6, 6.07) is 7.73. The van der Waals surface area contributed by atoms with Crippen LogP contribution in [-0.4, -0.2) is 30.1 Å². The van der Waals surface area contributed by atoms with Crippen LogP contribution >= 0.6 is 0 Å². The molecule has 0 aliphatic rings. The maximum absolute atomic E-state index is 13.5. The number of nitrogens with zero attached hydrogens (tertiary/aromatic N) is 1. The van der Waals surface area contributed by atoms with Crippen molar-refractivity contribution in [3.8, 4) is 23.0 Å². The van der Waals surface area contributed by atoms with Crippen molar-refractivity contribution < 1.29 is 45.8 Å². The van der Waals surface area contributed by atoms with Crippen LogP contribution in [0.5, 0.6) is 23.0 Å². The third-order valence-electron chi connectivity index (χ3n) is 4.77. The molecule has 1 N–H and O–H groups in total. The van der Waals surface area contributed by atoms with E-state index < -0.39 is 30.0 Å². The predicted octanol–water partition coefficient (Wildman–Crippen LogP) is 6.48. The Labute approximate surface area is 201 Å². The van der Waals surface area contributed by atoms with Crippen LogP contribution in [0.1, 0.15) is 45.3 Å². The number of alkyl halides is 5. The number of amides is 1. The molecule has 0 unspecified atom stereocenters. The number of aryl methyl sites for hydroxylation is 1. The van der Waals surface area contributed by atoms with Gasteiger partial charge >= 0.3 is 6.36 Å². The van der Waals surface area contributed by atoms with Gasteiger partial charge in [0.1, 0.15) is 17.2 Å². The fraction of sp³-hybridized carbons (Fsp3) is 0.208. The number of pyridine rings is 1. The van der Waals surface area contributed by atoms with E-state index in [-0.39, 0.29) is 45.5 Å². The molecule has 1 aromatic heterocycles. The number of carbonyl (C=O) groups excluding carboxylic acids is 2. The first-order valence-corrected chi connectivity index (χ1v) is 10.2. The smallest absolute Gasteiger partial charge is 0.493 e. The average molecular weight is 510 g/mol. The number of methoxy groups -OCH3 is 1. The van der Waals surface area contributed by atoms with E-state index in [1.807, 2.05) is 0 Å². The van der Waals surface area contributed by atoms with E-state index in [9.17, 15) is 31.5 Å². The molecule has 1 heterocycles. The van der Waals surface area contributed by atoms with E-state index in [1.165, 1.54) is 32.2 Å². The van der Waals surface area contributed by atoms with E-state index >= 15 is 0 Å². The number of Topliss-reactive ketones (excluding diaryl/α,β-unsaturated/α-hetero) is 1. The van der Waals surface area contributed by atoms with Crippen molar-refractivity contribution in [3.05, 3.63) is 71.0 Å². The largest absolute Gasteiger partial charge is 0.573 e. The lowest BCUT2D eigenvalue weighted by Gasteiger charge is -2.18. The summed E-state index contributed by atoms with van der Waals surface area (Å²) in [5.41, 5.74) is -0.122. The molecule has 190 valence electrons. The Morgan fingerprint density at radius 2 is 1.72 bits per heavy atom. The van der Waals surface area contributed by atoms with Crippen molar-refractivity contribution >= 4 is 17.4 Å². The van der Waals surface area contributed by atoms with E-state index in [0.717, 1.165) is 37.4 Å². The SMILES string of the molecule is COc1cc(OC(F)(F)F)ccc1Oc1cc(C(F)F)cc(C)c1C(=O)Nc1ccnc(C(C)=O)c1. The van der Waals surface area contributed by atoms with Gasteiger partial charge in [-0.1, -0.05) is 0 Å². The van der Waals surface area contributed by atoms with Crippen molar-refractivity contribution in [1.82, 2.24) is 4.98 Å². The molecular weight excluding hydrogens is 491 g/mol. The second kappa shape index (κ2) is 10.6. The van der Waals surface area contributed by atoms with Crippen LogP contribution < -0.4 is 19.5 Å². The minimum Gasteiger partial charge on any atom is -0.493 e. The average Bonchev–Trinajstić information content (AvgIpc) is 2.78. The van der Waals surface area contributed by atoms with Gasteiger partial charge in [-0.25, -0.2) is 8.78 Å². The Hall–Kier alpha value is -4.22. The second-order valence-electron chi connectivity index (χ2n) is 7.41. The summed E-state index contributed by atoms with van der Waals surface area (Å²) >= 11 is 0. The topological polar surface area (TPSA) is 86.8 Å². The first-order chi connectivity index (χ1) is 16.9. The highest BCUT2D eigenvalue weighted by atomic mass is 19.4. The number of halogens is 5. The molecule has 0 spiro atoms. The summed E-state index contributed by atoms with van der Waals surface area (Å²) in [5.74, 6) is -2.34. The van der Waals surface area contributed by atoms with Crippen LogP contribution in [0.3, 0.4) is 0 Å². The zero-order chi connectivity index (χ0) is 26.6. The molecular formula is C24H19F5N2O5. The number of nitrogens with one attached hydrogen (secondary N) is 1. The summed E-state index contributed by atoms with van der Waals surface area (Å²) in [6.45, 7) is 2.71. The van der Waals surface area contributed by atoms with Gasteiger partial charge in [0.2, 0.25) is 0 Å². The first-order valence-electron chi connectivity index (χ1n) is 10.2. The summed E-state index contributed by atoms with van der Waals surface area (Å²) in [5, 5.41) is 2.56. The van der Waals surface area contributed by atoms with Crippen LogP contribution in [0.2, 0.25) is 0 Å². The number of rotatable bonds is 8. The Morgan fingerprint density at radius 1 is 1.00 bits per heavy atom. The van der Waals surface area contributed by atoms with Crippen molar-refractivity contribution in [3.63, 3.8) is 0 Å². The fourth-order valence-corrected chi connectivity index (χ4v) is 3.22. The molecule has 0 bridgehead atoms. The van der Waals surface area contributed by atoms with E-state index in [0.29, 0.717) is 0 Å². The Balaban J connectivity index is 2.02. The van der Waals surface area contributed by atoms with Crippen molar-refractivity contribution in [2.24, 2.45) is 0 Å². The highest BCUT2D eigenvalue weighted by molar-refractivity contribution is 6.07. The van der Waals surface area contributed by atoms with E-state index in [1.54, 1.807) is 0 Å². The highest BCUT2D eigenvalue weighted by Crippen LogP contribution is 2.39. The molecule has 0 saturated heterocycles. The number of hydrogen-bond acceptors (Lipinski definition) is 6. The van der Waals surface area contributed by atoms with Gasteiger partial charge in [-0.2, -0.15) is 0 Å². The Bertz CT molecular complexity index is 1290. The number of aromatic nitrogens is 1. The lowest BCUT2D eigenvalue weighted by Crippen LogP contribution is -2.17. The van der Waals surface area contributed by atoms with E-state index in [2.05, 4.69) is 15.0 Å². The quantitative estimate of drug-likeness (QED) is 0.276. The zero-order valence-electron chi connectivity index (χ0n) is 19.1. The molecule has 0 aliphatic heterocycles. The summed E-state index contributed by atoms with van der Waals surface area (Å²) in [6.07, 6.45) is -6.53. The van der Waals surface area contributed by atoms with Gasteiger partial charge in [0.15, 0.2) is 17.3 Å². The van der Waals surface area contributed by atoms with Gasteiger partial charge in [-0.15, -0.1) is 13.2 Å². The molecule has 0 atom stereocenters. The highest BCUT2D eigenvalue weighted by Gasteiger charge is 2.31. The minimum atomic E-state index is -4.95. The molecule has 3 aromatic rings. The van der Waals surface area contributed by atoms with Gasteiger partial charge in [0, 0.05) is 30.4 Å². The maximum Gasteiger partial charge on any atom is 0.573 e. The minimum absolute atomic E-state index is 0.0972. The summed E-state index contributed by atoms with van der Waals surface area (Å²) in [4.78, 5) is 28.6. The van der Waals surface area contributed by atoms with Crippen LogP contribution in [0.15, 0.2) is 48.7 Å². The number of anilines is 1. The van der Waals surface area contributed by atoms with Gasteiger partial charge < -0.3 is 19.5 Å². The van der Waals surface area contributed by atoms with Gasteiger partial charge in [-0.05, 0) is 48.9 Å². The number of carbonyl (C=O) groups is 2. The number of ether oxygens (including phenoxy) is 3. The lowest BCUT2D eigenvalue weighted by molar-refractivity contribution is -0.274. The normalized spacial score (nSPS) is 11.2. The molecule has 0 fully saturated rings. The summed E-state index contributed by atoms with van der Waals surface area (Å²) in [7, 11) is 1.16. The maximum atomic E-state index is 13.5. The third-order valence-corrected chi connectivity index (χ3v) is 4.77. The number of benzene rings is 2. The van der Waals surface area contributed by atoms with Crippen LogP contribution in [-0.2, 0) is 0 Å². The molecule has 1 amide bonds. The predicted molar refractivity (Wildman–Crippen MR) is 118 cm³/mol. The van der Waals surface area contributed by atoms with Crippen molar-refractivity contribution in [1.29, 1.82) is 0 Å². The van der Waals surface area contributed by atoms with Gasteiger partial charge in [-0.3, -0.25) is 14.6 Å². The van der Waals surface area contributed by atoms with Crippen molar-refractivity contribution in [2.45, 2.75) is 26.6 Å². The number of ketones is 1. The van der Waals surface area contributed by atoms with Crippen LogP contribution in [0.25, 0.3) is 0 Å². The molecule has 7 nitrogen and oxygen atoms in total. The molecule has 0 saturated carbocycles. The Morgan fingerprint density at radius 3 is 2.33 bits per heavy atom. The lowest BCUT2D eigenvalue weighted by atomic mass is 10.0. The van der Waals surface area contributed by atoms with Gasteiger partial charge in [0.25, 0.3) is 12.3 Å². The molecule has 36 heavy (non-hydrogen) atoms. The molecule has 0 aliphatic carbocycles.